The molecule has 1 amide bonds. The zero-order chi connectivity index (χ0) is 17.6. The number of anilines is 3. The molecule has 0 saturated heterocycles. The van der Waals surface area contributed by atoms with Crippen molar-refractivity contribution in [1.82, 2.24) is 9.97 Å². The minimum atomic E-state index is -0.374. The van der Waals surface area contributed by atoms with Crippen molar-refractivity contribution in [2.75, 3.05) is 17.7 Å². The average molecular weight is 355 g/mol. The number of para-hydroxylation sites is 3. The normalized spacial score (nSPS) is 10.2. The maximum atomic E-state index is 12.3. The molecule has 25 heavy (non-hydrogen) atoms. The molecule has 7 heteroatoms. The molecule has 0 aliphatic carbocycles. The van der Waals surface area contributed by atoms with E-state index >= 15 is 0 Å². The number of carbonyl (C=O) groups is 1. The van der Waals surface area contributed by atoms with Gasteiger partial charge in [0.25, 0.3) is 5.91 Å². The summed E-state index contributed by atoms with van der Waals surface area (Å²) in [5.74, 6) is 0.684. The van der Waals surface area contributed by atoms with E-state index in [0.717, 1.165) is 0 Å². The number of nitrogens with one attached hydrogen (secondary N) is 2. The van der Waals surface area contributed by atoms with Crippen LogP contribution < -0.4 is 15.4 Å². The standard InChI is InChI=1S/C18H15ClN4O2/c1-25-16-9-5-4-8-14(16)23-18(24)15-10-21-17(11-20-15)22-13-7-3-2-6-12(13)19/h2-11H,1H3,(H,21,22)(H,23,24). The number of hydrogen-bond donors (Lipinski definition) is 2. The van der Waals surface area contributed by atoms with Crippen LogP contribution in [-0.4, -0.2) is 23.0 Å². The van der Waals surface area contributed by atoms with Gasteiger partial charge >= 0.3 is 0 Å². The van der Waals surface area contributed by atoms with E-state index in [9.17, 15) is 4.79 Å². The highest BCUT2D eigenvalue weighted by atomic mass is 35.5. The second kappa shape index (κ2) is 7.63. The van der Waals surface area contributed by atoms with Gasteiger partial charge in [0.1, 0.15) is 17.3 Å². The van der Waals surface area contributed by atoms with E-state index in [2.05, 4.69) is 20.6 Å². The Bertz CT molecular complexity index is 884. The first-order valence-electron chi connectivity index (χ1n) is 7.45. The molecular weight excluding hydrogens is 340 g/mol. The van der Waals surface area contributed by atoms with Crippen LogP contribution in [0.2, 0.25) is 5.02 Å². The zero-order valence-corrected chi connectivity index (χ0v) is 14.1. The molecule has 1 heterocycles. The Labute approximate surface area is 149 Å². The number of ether oxygens (including phenoxy) is 1. The van der Waals surface area contributed by atoms with Crippen molar-refractivity contribution in [2.45, 2.75) is 0 Å². The van der Waals surface area contributed by atoms with Gasteiger partial charge < -0.3 is 15.4 Å². The second-order valence-corrected chi connectivity index (χ2v) is 5.45. The lowest BCUT2D eigenvalue weighted by molar-refractivity contribution is 0.102. The molecule has 2 N–H and O–H groups in total. The minimum Gasteiger partial charge on any atom is -0.495 e. The summed E-state index contributed by atoms with van der Waals surface area (Å²) in [6.07, 6.45) is 2.87. The first-order valence-corrected chi connectivity index (χ1v) is 7.83. The highest BCUT2D eigenvalue weighted by Crippen LogP contribution is 2.24. The average Bonchev–Trinajstić information content (AvgIpc) is 2.64. The summed E-state index contributed by atoms with van der Waals surface area (Å²) in [4.78, 5) is 20.6. The largest absolute Gasteiger partial charge is 0.495 e. The third kappa shape index (κ3) is 4.05. The fraction of sp³-hybridized carbons (Fsp3) is 0.0556. The van der Waals surface area contributed by atoms with Gasteiger partial charge in [0.2, 0.25) is 0 Å². The van der Waals surface area contributed by atoms with Crippen LogP contribution in [-0.2, 0) is 0 Å². The van der Waals surface area contributed by atoms with Crippen LogP contribution in [0.5, 0.6) is 5.75 Å². The SMILES string of the molecule is COc1ccccc1NC(=O)c1cnc(Nc2ccccc2Cl)cn1. The van der Waals surface area contributed by atoms with Gasteiger partial charge in [0.15, 0.2) is 0 Å². The zero-order valence-electron chi connectivity index (χ0n) is 13.4. The Kier molecular flexibility index (Phi) is 5.11. The van der Waals surface area contributed by atoms with E-state index in [1.807, 2.05) is 24.3 Å². The summed E-state index contributed by atoms with van der Waals surface area (Å²) < 4.78 is 5.21. The predicted octanol–water partition coefficient (Wildman–Crippen LogP) is 4.13. The number of nitrogens with zero attached hydrogens (tertiary/aromatic N) is 2. The maximum absolute atomic E-state index is 12.3. The van der Waals surface area contributed by atoms with Gasteiger partial charge in [0, 0.05) is 0 Å². The van der Waals surface area contributed by atoms with Crippen LogP contribution in [0.3, 0.4) is 0 Å². The quantitative estimate of drug-likeness (QED) is 0.720. The van der Waals surface area contributed by atoms with Crippen LogP contribution in [0.1, 0.15) is 10.5 Å². The summed E-state index contributed by atoms with van der Waals surface area (Å²) in [6, 6.07) is 14.4. The van der Waals surface area contributed by atoms with Crippen molar-refractivity contribution in [1.29, 1.82) is 0 Å². The van der Waals surface area contributed by atoms with E-state index in [-0.39, 0.29) is 11.6 Å². The molecule has 0 bridgehead atoms. The van der Waals surface area contributed by atoms with Crippen LogP contribution in [0.25, 0.3) is 0 Å². The highest BCUT2D eigenvalue weighted by Gasteiger charge is 2.11. The van der Waals surface area contributed by atoms with Crippen LogP contribution in [0.4, 0.5) is 17.2 Å². The second-order valence-electron chi connectivity index (χ2n) is 5.05. The highest BCUT2D eigenvalue weighted by molar-refractivity contribution is 6.33. The van der Waals surface area contributed by atoms with Crippen LogP contribution in [0.15, 0.2) is 60.9 Å². The lowest BCUT2D eigenvalue weighted by atomic mass is 10.3. The van der Waals surface area contributed by atoms with Crippen molar-refractivity contribution < 1.29 is 9.53 Å². The van der Waals surface area contributed by atoms with E-state index in [4.69, 9.17) is 16.3 Å². The van der Waals surface area contributed by atoms with Crippen molar-refractivity contribution in [3.05, 3.63) is 71.6 Å². The smallest absolute Gasteiger partial charge is 0.275 e. The first-order chi connectivity index (χ1) is 12.2. The van der Waals surface area contributed by atoms with Gasteiger partial charge in [-0.1, -0.05) is 35.9 Å². The molecule has 0 unspecified atom stereocenters. The molecule has 0 aliphatic rings. The van der Waals surface area contributed by atoms with Crippen molar-refractivity contribution in [3.63, 3.8) is 0 Å². The molecule has 3 rings (SSSR count). The summed E-state index contributed by atoms with van der Waals surface area (Å²) in [5, 5.41) is 6.37. The van der Waals surface area contributed by atoms with E-state index in [0.29, 0.717) is 28.0 Å². The fourth-order valence-corrected chi connectivity index (χ4v) is 2.33. The van der Waals surface area contributed by atoms with Crippen molar-refractivity contribution >= 4 is 34.7 Å². The molecule has 6 nitrogen and oxygen atoms in total. The molecule has 0 aliphatic heterocycles. The Morgan fingerprint density at radius 2 is 1.72 bits per heavy atom. The van der Waals surface area contributed by atoms with Crippen LogP contribution >= 0.6 is 11.6 Å². The lowest BCUT2D eigenvalue weighted by Crippen LogP contribution is -2.14. The molecule has 0 fully saturated rings. The monoisotopic (exact) mass is 354 g/mol. The molecule has 3 aromatic rings. The summed E-state index contributed by atoms with van der Waals surface area (Å²) in [6.45, 7) is 0. The number of amides is 1. The Morgan fingerprint density at radius 1 is 1.00 bits per heavy atom. The molecule has 0 saturated carbocycles. The third-order valence-corrected chi connectivity index (χ3v) is 3.71. The molecule has 126 valence electrons. The molecular formula is C18H15ClN4O2. The summed E-state index contributed by atoms with van der Waals surface area (Å²) in [7, 11) is 1.54. The maximum Gasteiger partial charge on any atom is 0.275 e. The number of aromatic nitrogens is 2. The van der Waals surface area contributed by atoms with Crippen molar-refractivity contribution in [2.24, 2.45) is 0 Å². The third-order valence-electron chi connectivity index (χ3n) is 3.38. The topological polar surface area (TPSA) is 76.1 Å². The fourth-order valence-electron chi connectivity index (χ4n) is 2.14. The molecule has 2 aromatic carbocycles. The lowest BCUT2D eigenvalue weighted by Gasteiger charge is -2.10. The van der Waals surface area contributed by atoms with Gasteiger partial charge in [-0.15, -0.1) is 0 Å². The van der Waals surface area contributed by atoms with Crippen molar-refractivity contribution in [3.8, 4) is 5.75 Å². The number of benzene rings is 2. The Hall–Kier alpha value is -3.12. The van der Waals surface area contributed by atoms with Gasteiger partial charge in [-0.05, 0) is 24.3 Å². The molecule has 0 radical (unpaired) electrons. The molecule has 1 aromatic heterocycles. The van der Waals surface area contributed by atoms with Gasteiger partial charge in [-0.2, -0.15) is 0 Å². The van der Waals surface area contributed by atoms with Gasteiger partial charge in [-0.25, -0.2) is 9.97 Å². The number of methoxy groups -OCH3 is 1. The summed E-state index contributed by atoms with van der Waals surface area (Å²) >= 11 is 6.09. The van der Waals surface area contributed by atoms with Gasteiger partial charge in [0.05, 0.1) is 35.9 Å². The van der Waals surface area contributed by atoms with E-state index < -0.39 is 0 Å². The van der Waals surface area contributed by atoms with Crippen LogP contribution in [0, 0.1) is 0 Å². The Morgan fingerprint density at radius 3 is 2.40 bits per heavy atom. The Balaban J connectivity index is 1.71. The minimum absolute atomic E-state index is 0.190. The number of carbonyl (C=O) groups excluding carboxylic acids is 1. The molecule has 0 spiro atoms. The van der Waals surface area contributed by atoms with Gasteiger partial charge in [-0.3, -0.25) is 4.79 Å². The summed E-state index contributed by atoms with van der Waals surface area (Å²) in [5.41, 5.74) is 1.47. The number of hydrogen-bond acceptors (Lipinski definition) is 5. The first kappa shape index (κ1) is 16.7. The number of halogens is 1. The van der Waals surface area contributed by atoms with E-state index in [1.165, 1.54) is 12.4 Å². The predicted molar refractivity (Wildman–Crippen MR) is 97.7 cm³/mol. The molecule has 0 atom stereocenters. The van der Waals surface area contributed by atoms with E-state index in [1.54, 1.807) is 31.4 Å². The number of rotatable bonds is 5.